The molecule has 0 bridgehead atoms. The van der Waals surface area contributed by atoms with E-state index in [1.807, 2.05) is 6.07 Å². The lowest BCUT2D eigenvalue weighted by Gasteiger charge is -2.31. The number of aryl methyl sites for hydroxylation is 2. The maximum atomic E-state index is 12.2. The first kappa shape index (κ1) is 17.5. The molecule has 1 aromatic heterocycles. The van der Waals surface area contributed by atoms with Crippen molar-refractivity contribution in [2.24, 2.45) is 18.7 Å². The molecule has 0 aromatic carbocycles. The van der Waals surface area contributed by atoms with Crippen LogP contribution in [-0.4, -0.2) is 52.7 Å². The van der Waals surface area contributed by atoms with Crippen LogP contribution in [0.15, 0.2) is 6.07 Å². The molecular formula is C16H27N5O2. The predicted octanol–water partition coefficient (Wildman–Crippen LogP) is 0.300. The van der Waals surface area contributed by atoms with Crippen LogP contribution in [-0.2, 0) is 18.3 Å². The molecule has 2 amide bonds. The second kappa shape index (κ2) is 8.10. The number of hydrogen-bond acceptors (Lipinski definition) is 4. The van der Waals surface area contributed by atoms with Gasteiger partial charge >= 0.3 is 0 Å². The van der Waals surface area contributed by atoms with Crippen molar-refractivity contribution < 1.29 is 9.59 Å². The second-order valence-electron chi connectivity index (χ2n) is 6.19. The van der Waals surface area contributed by atoms with Crippen molar-refractivity contribution in [1.29, 1.82) is 0 Å². The van der Waals surface area contributed by atoms with Gasteiger partial charge in [-0.25, -0.2) is 0 Å². The lowest BCUT2D eigenvalue weighted by Crippen LogP contribution is -2.44. The molecule has 1 aliphatic rings. The number of hydrogen-bond donors (Lipinski definition) is 2. The number of piperidine rings is 1. The Morgan fingerprint density at radius 3 is 2.96 bits per heavy atom. The number of rotatable bonds is 7. The summed E-state index contributed by atoms with van der Waals surface area (Å²) in [5.41, 5.74) is 6.91. The van der Waals surface area contributed by atoms with Crippen molar-refractivity contribution in [1.82, 2.24) is 20.0 Å². The van der Waals surface area contributed by atoms with Gasteiger partial charge in [0.15, 0.2) is 0 Å². The largest absolute Gasteiger partial charge is 0.369 e. The summed E-state index contributed by atoms with van der Waals surface area (Å²) in [6, 6.07) is 1.85. The van der Waals surface area contributed by atoms with Gasteiger partial charge in [0.05, 0.1) is 11.6 Å². The number of carbonyl (C=O) groups excluding carboxylic acids is 2. The highest BCUT2D eigenvalue weighted by Crippen LogP contribution is 2.15. The highest BCUT2D eigenvalue weighted by Gasteiger charge is 2.23. The first-order valence-electron chi connectivity index (χ1n) is 8.34. The molecule has 0 radical (unpaired) electrons. The maximum Gasteiger partial charge on any atom is 0.269 e. The summed E-state index contributed by atoms with van der Waals surface area (Å²) < 4.78 is 1.63. The Labute approximate surface area is 137 Å². The van der Waals surface area contributed by atoms with Crippen LogP contribution in [0.4, 0.5) is 0 Å². The summed E-state index contributed by atoms with van der Waals surface area (Å²) in [6.07, 6.45) is 3.73. The third kappa shape index (κ3) is 4.79. The Morgan fingerprint density at radius 1 is 1.48 bits per heavy atom. The summed E-state index contributed by atoms with van der Waals surface area (Å²) in [5.74, 6) is -0.393. The highest BCUT2D eigenvalue weighted by molar-refractivity contribution is 5.92. The average molecular weight is 321 g/mol. The molecule has 0 saturated carbocycles. The number of aromatic nitrogens is 2. The van der Waals surface area contributed by atoms with Gasteiger partial charge in [-0.15, -0.1) is 0 Å². The van der Waals surface area contributed by atoms with Gasteiger partial charge in [0.1, 0.15) is 5.69 Å². The van der Waals surface area contributed by atoms with Gasteiger partial charge in [-0.1, -0.05) is 13.3 Å². The summed E-state index contributed by atoms with van der Waals surface area (Å²) in [6.45, 7) is 5.02. The molecule has 0 spiro atoms. The summed E-state index contributed by atoms with van der Waals surface area (Å²) in [5, 5.41) is 7.27. The van der Waals surface area contributed by atoms with Crippen LogP contribution in [0.25, 0.3) is 0 Å². The molecule has 2 heterocycles. The van der Waals surface area contributed by atoms with Crippen molar-refractivity contribution in [3.8, 4) is 0 Å². The molecule has 1 fully saturated rings. The third-order valence-corrected chi connectivity index (χ3v) is 4.29. The molecular weight excluding hydrogens is 294 g/mol. The Morgan fingerprint density at radius 2 is 2.26 bits per heavy atom. The zero-order valence-electron chi connectivity index (χ0n) is 14.0. The van der Waals surface area contributed by atoms with Crippen LogP contribution in [0.2, 0.25) is 0 Å². The van der Waals surface area contributed by atoms with Crippen LogP contribution in [0.1, 0.15) is 42.4 Å². The normalized spacial score (nSPS) is 18.8. The van der Waals surface area contributed by atoms with Crippen LogP contribution in [0.5, 0.6) is 0 Å². The van der Waals surface area contributed by atoms with Gasteiger partial charge in [-0.3, -0.25) is 14.3 Å². The molecule has 0 aliphatic carbocycles. The van der Waals surface area contributed by atoms with Crippen LogP contribution >= 0.6 is 0 Å². The Hall–Kier alpha value is -1.89. The number of nitrogens with two attached hydrogens (primary N) is 1. The van der Waals surface area contributed by atoms with E-state index in [4.69, 9.17) is 5.73 Å². The van der Waals surface area contributed by atoms with Crippen molar-refractivity contribution >= 4 is 11.8 Å². The molecule has 23 heavy (non-hydrogen) atoms. The fraction of sp³-hybridized carbons (Fsp3) is 0.688. The number of likely N-dealkylation sites (tertiary alicyclic amines) is 1. The van der Waals surface area contributed by atoms with Crippen LogP contribution in [0, 0.1) is 5.92 Å². The van der Waals surface area contributed by atoms with Gasteiger partial charge in [-0.2, -0.15) is 5.10 Å². The highest BCUT2D eigenvalue weighted by atomic mass is 16.2. The van der Waals surface area contributed by atoms with Gasteiger partial charge in [0.25, 0.3) is 5.91 Å². The number of carbonyl (C=O) groups is 2. The SMILES string of the molecule is CCCc1cc(C(=O)NCCN2CCC[C@H](C(N)=O)C2)n(C)n1. The van der Waals surface area contributed by atoms with Gasteiger partial charge in [0, 0.05) is 26.7 Å². The van der Waals surface area contributed by atoms with E-state index >= 15 is 0 Å². The zero-order valence-corrected chi connectivity index (χ0v) is 14.0. The van der Waals surface area contributed by atoms with E-state index in [2.05, 4.69) is 22.2 Å². The number of amides is 2. The average Bonchev–Trinajstić information content (AvgIpc) is 2.88. The summed E-state index contributed by atoms with van der Waals surface area (Å²) in [4.78, 5) is 25.7. The van der Waals surface area contributed by atoms with Gasteiger partial charge in [0.2, 0.25) is 5.91 Å². The van der Waals surface area contributed by atoms with Crippen molar-refractivity contribution in [2.45, 2.75) is 32.6 Å². The standard InChI is InChI=1S/C16H27N5O2/c1-3-5-13-10-14(20(2)19-13)16(23)18-7-9-21-8-4-6-12(11-21)15(17)22/h10,12H,3-9,11H2,1-2H3,(H2,17,22)(H,18,23)/t12-/m0/s1. The number of primary amides is 1. The molecule has 0 unspecified atom stereocenters. The van der Waals surface area contributed by atoms with E-state index in [0.29, 0.717) is 18.8 Å². The molecule has 128 valence electrons. The van der Waals surface area contributed by atoms with E-state index in [-0.39, 0.29) is 17.7 Å². The van der Waals surface area contributed by atoms with Crippen molar-refractivity contribution in [3.05, 3.63) is 17.5 Å². The lowest BCUT2D eigenvalue weighted by atomic mass is 9.97. The topological polar surface area (TPSA) is 93.3 Å². The molecule has 3 N–H and O–H groups in total. The fourth-order valence-corrected chi connectivity index (χ4v) is 3.03. The first-order valence-corrected chi connectivity index (χ1v) is 8.34. The lowest BCUT2D eigenvalue weighted by molar-refractivity contribution is -0.123. The molecule has 2 rings (SSSR count). The molecule has 7 nitrogen and oxygen atoms in total. The van der Waals surface area contributed by atoms with Gasteiger partial charge < -0.3 is 16.0 Å². The van der Waals surface area contributed by atoms with Crippen molar-refractivity contribution in [3.63, 3.8) is 0 Å². The Balaban J connectivity index is 1.79. The number of nitrogens with one attached hydrogen (secondary N) is 1. The van der Waals surface area contributed by atoms with Crippen LogP contribution in [0.3, 0.4) is 0 Å². The zero-order chi connectivity index (χ0) is 16.8. The molecule has 7 heteroatoms. The minimum atomic E-state index is -0.225. The predicted molar refractivity (Wildman–Crippen MR) is 87.9 cm³/mol. The summed E-state index contributed by atoms with van der Waals surface area (Å²) >= 11 is 0. The third-order valence-electron chi connectivity index (χ3n) is 4.29. The second-order valence-corrected chi connectivity index (χ2v) is 6.19. The summed E-state index contributed by atoms with van der Waals surface area (Å²) in [7, 11) is 1.79. The smallest absolute Gasteiger partial charge is 0.269 e. The maximum absolute atomic E-state index is 12.2. The molecule has 1 aliphatic heterocycles. The van der Waals surface area contributed by atoms with E-state index in [1.54, 1.807) is 11.7 Å². The van der Waals surface area contributed by atoms with E-state index in [9.17, 15) is 9.59 Å². The molecule has 1 atom stereocenters. The molecule has 1 aromatic rings. The first-order chi connectivity index (χ1) is 11.0. The van der Waals surface area contributed by atoms with Crippen molar-refractivity contribution in [2.75, 3.05) is 26.2 Å². The monoisotopic (exact) mass is 321 g/mol. The van der Waals surface area contributed by atoms with Gasteiger partial charge in [-0.05, 0) is 31.9 Å². The van der Waals surface area contributed by atoms with E-state index in [0.717, 1.165) is 44.5 Å². The van der Waals surface area contributed by atoms with E-state index < -0.39 is 0 Å². The van der Waals surface area contributed by atoms with Crippen LogP contribution < -0.4 is 11.1 Å². The fourth-order valence-electron chi connectivity index (χ4n) is 3.03. The number of nitrogens with zero attached hydrogens (tertiary/aromatic N) is 3. The Bertz CT molecular complexity index is 555. The minimum Gasteiger partial charge on any atom is -0.369 e. The Kier molecular flexibility index (Phi) is 6.15. The quantitative estimate of drug-likeness (QED) is 0.755. The molecule has 1 saturated heterocycles. The minimum absolute atomic E-state index is 0.0619. The van der Waals surface area contributed by atoms with E-state index in [1.165, 1.54) is 0 Å².